The van der Waals surface area contributed by atoms with Crippen molar-refractivity contribution in [2.75, 3.05) is 25.6 Å². The first-order chi connectivity index (χ1) is 17.6. The van der Waals surface area contributed by atoms with Crippen LogP contribution in [-0.2, 0) is 13.0 Å². The maximum absolute atomic E-state index is 14.1. The summed E-state index contributed by atoms with van der Waals surface area (Å²) in [6.45, 7) is 0.795. The molecule has 2 N–H and O–H groups in total. The topological polar surface area (TPSA) is 107 Å². The molecule has 0 fully saturated rings. The molecule has 4 heterocycles. The first-order valence-corrected chi connectivity index (χ1v) is 11.6. The molecule has 0 saturated carbocycles. The molecule has 0 radical (unpaired) electrons. The Morgan fingerprint density at radius 1 is 1.14 bits per heavy atom. The van der Waals surface area contributed by atoms with Gasteiger partial charge in [0.15, 0.2) is 5.82 Å². The SMILES string of the molecule is COc1cnc2c(NCCn3nc(-n4cc(CCCO)c5ccc(F)cc54)ccc3=O)ccnc2c1. The predicted octanol–water partition coefficient (Wildman–Crippen LogP) is 3.32. The third kappa shape index (κ3) is 4.63. The van der Waals surface area contributed by atoms with E-state index in [0.29, 0.717) is 54.0 Å². The Hall–Kier alpha value is -4.31. The predicted molar refractivity (Wildman–Crippen MR) is 135 cm³/mol. The molecule has 1 aromatic carbocycles. The minimum absolute atomic E-state index is 0.0693. The van der Waals surface area contributed by atoms with E-state index >= 15 is 0 Å². The lowest BCUT2D eigenvalue weighted by Gasteiger charge is -2.11. The minimum atomic E-state index is -0.358. The van der Waals surface area contributed by atoms with E-state index in [1.165, 1.54) is 22.9 Å². The van der Waals surface area contributed by atoms with Gasteiger partial charge >= 0.3 is 0 Å². The molecule has 184 valence electrons. The Balaban J connectivity index is 1.40. The zero-order chi connectivity index (χ0) is 25.1. The van der Waals surface area contributed by atoms with Gasteiger partial charge in [0.25, 0.3) is 5.56 Å². The Kier molecular flexibility index (Phi) is 6.59. The van der Waals surface area contributed by atoms with Crippen LogP contribution in [0.2, 0.25) is 0 Å². The summed E-state index contributed by atoms with van der Waals surface area (Å²) in [6.07, 6.45) is 6.44. The van der Waals surface area contributed by atoms with Gasteiger partial charge < -0.3 is 15.2 Å². The molecule has 0 bridgehead atoms. The second-order valence-electron chi connectivity index (χ2n) is 8.29. The molecule has 4 aromatic heterocycles. The fraction of sp³-hybridized carbons (Fsp3) is 0.231. The minimum Gasteiger partial charge on any atom is -0.495 e. The first-order valence-electron chi connectivity index (χ1n) is 11.6. The summed E-state index contributed by atoms with van der Waals surface area (Å²) in [4.78, 5) is 21.3. The zero-order valence-electron chi connectivity index (χ0n) is 19.7. The van der Waals surface area contributed by atoms with Gasteiger partial charge in [-0.3, -0.25) is 14.3 Å². The van der Waals surface area contributed by atoms with Crippen molar-refractivity contribution >= 4 is 27.6 Å². The van der Waals surface area contributed by atoms with Crippen molar-refractivity contribution in [2.45, 2.75) is 19.4 Å². The van der Waals surface area contributed by atoms with Gasteiger partial charge in [-0.25, -0.2) is 14.1 Å². The number of hydrogen-bond acceptors (Lipinski definition) is 7. The second-order valence-corrected chi connectivity index (χ2v) is 8.29. The number of aliphatic hydroxyl groups is 1. The number of nitrogens with zero attached hydrogens (tertiary/aromatic N) is 5. The van der Waals surface area contributed by atoms with Crippen molar-refractivity contribution in [3.63, 3.8) is 0 Å². The third-order valence-corrected chi connectivity index (χ3v) is 5.98. The number of aliphatic hydroxyl groups excluding tert-OH is 1. The molecule has 9 nitrogen and oxygen atoms in total. The molecule has 0 aliphatic rings. The average molecular weight is 489 g/mol. The molecule has 0 amide bonds. The number of aryl methyl sites for hydroxylation is 1. The molecule has 0 aliphatic heterocycles. The van der Waals surface area contributed by atoms with Gasteiger partial charge in [-0.15, -0.1) is 0 Å². The van der Waals surface area contributed by atoms with Crippen LogP contribution >= 0.6 is 0 Å². The number of methoxy groups -OCH3 is 1. The second kappa shape index (κ2) is 10.1. The fourth-order valence-corrected chi connectivity index (χ4v) is 4.22. The van der Waals surface area contributed by atoms with Gasteiger partial charge in [0.05, 0.1) is 36.6 Å². The highest BCUT2D eigenvalue weighted by atomic mass is 19.1. The van der Waals surface area contributed by atoms with Crippen LogP contribution in [0.15, 0.2) is 65.8 Å². The van der Waals surface area contributed by atoms with Gasteiger partial charge in [0, 0.05) is 43.1 Å². The Bertz CT molecular complexity index is 1600. The van der Waals surface area contributed by atoms with Crippen molar-refractivity contribution in [3.8, 4) is 11.6 Å². The summed E-state index contributed by atoms with van der Waals surface area (Å²) in [7, 11) is 1.58. The van der Waals surface area contributed by atoms with E-state index in [1.807, 2.05) is 18.3 Å². The Labute approximate surface area is 205 Å². The summed E-state index contributed by atoms with van der Waals surface area (Å²) in [5, 5.41) is 18.0. The number of hydrogen-bond donors (Lipinski definition) is 2. The maximum atomic E-state index is 14.1. The molecule has 0 aliphatic carbocycles. The maximum Gasteiger partial charge on any atom is 0.266 e. The van der Waals surface area contributed by atoms with Crippen molar-refractivity contribution in [3.05, 3.63) is 82.8 Å². The van der Waals surface area contributed by atoms with Crippen molar-refractivity contribution in [1.82, 2.24) is 24.3 Å². The van der Waals surface area contributed by atoms with Crippen LogP contribution in [0.25, 0.3) is 27.8 Å². The van der Waals surface area contributed by atoms with Gasteiger partial charge in [-0.1, -0.05) is 0 Å². The van der Waals surface area contributed by atoms with E-state index < -0.39 is 0 Å². The number of anilines is 1. The molecule has 0 unspecified atom stereocenters. The summed E-state index contributed by atoms with van der Waals surface area (Å²) >= 11 is 0. The van der Waals surface area contributed by atoms with Crippen molar-refractivity contribution < 1.29 is 14.2 Å². The number of aromatic nitrogens is 5. The van der Waals surface area contributed by atoms with Gasteiger partial charge in [-0.05, 0) is 48.7 Å². The Morgan fingerprint density at radius 2 is 2.03 bits per heavy atom. The highest BCUT2D eigenvalue weighted by Gasteiger charge is 2.13. The first kappa shape index (κ1) is 23.4. The van der Waals surface area contributed by atoms with E-state index in [4.69, 9.17) is 4.74 Å². The van der Waals surface area contributed by atoms with Gasteiger partial charge in [0.2, 0.25) is 0 Å². The van der Waals surface area contributed by atoms with E-state index in [1.54, 1.807) is 36.2 Å². The molecular weight excluding hydrogens is 463 g/mol. The standard InChI is InChI=1S/C26H25FN6O3/c1-36-19-14-22-26(30-15-19)21(8-9-28-22)29-10-11-33-25(35)7-6-24(31-33)32-16-17(3-2-12-34)20-5-4-18(27)13-23(20)32/h4-9,13-16,34H,2-3,10-12H2,1H3,(H,28,29). The molecule has 10 heteroatoms. The number of pyridine rings is 2. The van der Waals surface area contributed by atoms with Crippen molar-refractivity contribution in [2.24, 2.45) is 0 Å². The van der Waals surface area contributed by atoms with Crippen LogP contribution in [0.1, 0.15) is 12.0 Å². The molecule has 36 heavy (non-hydrogen) atoms. The number of ether oxygens (including phenoxy) is 1. The summed E-state index contributed by atoms with van der Waals surface area (Å²) in [5.41, 5.74) is 3.57. The lowest BCUT2D eigenvalue weighted by atomic mass is 10.1. The van der Waals surface area contributed by atoms with Gasteiger partial charge in [0.1, 0.15) is 17.1 Å². The quantitative estimate of drug-likeness (QED) is 0.328. The lowest BCUT2D eigenvalue weighted by Crippen LogP contribution is -2.26. The van der Waals surface area contributed by atoms with Crippen LogP contribution in [-0.4, -0.2) is 49.7 Å². The van der Waals surface area contributed by atoms with Crippen LogP contribution < -0.4 is 15.6 Å². The highest BCUT2D eigenvalue weighted by molar-refractivity contribution is 5.88. The van der Waals surface area contributed by atoms with Crippen LogP contribution in [0.3, 0.4) is 0 Å². The Morgan fingerprint density at radius 3 is 2.86 bits per heavy atom. The molecular formula is C26H25FN6O3. The molecule has 0 atom stereocenters. The third-order valence-electron chi connectivity index (χ3n) is 5.98. The zero-order valence-corrected chi connectivity index (χ0v) is 19.7. The molecule has 0 spiro atoms. The van der Waals surface area contributed by atoms with Crippen LogP contribution in [0.5, 0.6) is 5.75 Å². The summed E-state index contributed by atoms with van der Waals surface area (Å²) < 4.78 is 22.4. The molecule has 0 saturated heterocycles. The number of benzene rings is 1. The van der Waals surface area contributed by atoms with E-state index in [9.17, 15) is 14.3 Å². The normalized spacial score (nSPS) is 11.3. The molecule has 5 rings (SSSR count). The average Bonchev–Trinajstić information content (AvgIpc) is 3.25. The van der Waals surface area contributed by atoms with Gasteiger partial charge in [-0.2, -0.15) is 5.10 Å². The van der Waals surface area contributed by atoms with E-state index in [-0.39, 0.29) is 18.0 Å². The fourth-order valence-electron chi connectivity index (χ4n) is 4.22. The number of fused-ring (bicyclic) bond motifs is 2. The molecule has 5 aromatic rings. The van der Waals surface area contributed by atoms with Crippen LogP contribution in [0, 0.1) is 5.82 Å². The highest BCUT2D eigenvalue weighted by Crippen LogP contribution is 2.26. The summed E-state index contributed by atoms with van der Waals surface area (Å²) in [6, 6.07) is 11.3. The van der Waals surface area contributed by atoms with E-state index in [2.05, 4.69) is 20.4 Å². The lowest BCUT2D eigenvalue weighted by molar-refractivity contribution is 0.289. The number of nitrogens with one attached hydrogen (secondary N) is 1. The largest absolute Gasteiger partial charge is 0.495 e. The number of rotatable bonds is 9. The smallest absolute Gasteiger partial charge is 0.266 e. The number of halogens is 1. The van der Waals surface area contributed by atoms with E-state index in [0.717, 1.165) is 16.6 Å². The van der Waals surface area contributed by atoms with Crippen LogP contribution in [0.4, 0.5) is 10.1 Å². The van der Waals surface area contributed by atoms with Crippen molar-refractivity contribution in [1.29, 1.82) is 0 Å². The summed E-state index contributed by atoms with van der Waals surface area (Å²) in [5.74, 6) is 0.768. The monoisotopic (exact) mass is 488 g/mol.